The summed E-state index contributed by atoms with van der Waals surface area (Å²) in [5.41, 5.74) is 5.87. The Kier molecular flexibility index (Phi) is 3.17. The Morgan fingerprint density at radius 2 is 1.75 bits per heavy atom. The highest BCUT2D eigenvalue weighted by molar-refractivity contribution is 5.35. The van der Waals surface area contributed by atoms with Crippen molar-refractivity contribution in [3.63, 3.8) is 0 Å². The van der Waals surface area contributed by atoms with Gasteiger partial charge >= 0.3 is 0 Å². The van der Waals surface area contributed by atoms with E-state index in [1.807, 2.05) is 18.2 Å². The summed E-state index contributed by atoms with van der Waals surface area (Å²) in [6, 6.07) is 14.0. The quantitative estimate of drug-likeness (QED) is 0.857. The van der Waals surface area contributed by atoms with Gasteiger partial charge in [0.2, 0.25) is 0 Å². The molecule has 0 aliphatic heterocycles. The lowest BCUT2D eigenvalue weighted by Gasteiger charge is -2.08. The van der Waals surface area contributed by atoms with E-state index in [2.05, 4.69) is 0 Å². The van der Waals surface area contributed by atoms with E-state index >= 15 is 0 Å². The maximum absolute atomic E-state index is 13.8. The fourth-order valence-electron chi connectivity index (χ4n) is 1.41. The van der Waals surface area contributed by atoms with Crippen LogP contribution in [0.2, 0.25) is 0 Å². The molecular formula is C13H12FNO. The number of rotatable bonds is 3. The molecule has 82 valence electrons. The Morgan fingerprint density at radius 3 is 2.44 bits per heavy atom. The predicted octanol–water partition coefficient (Wildman–Crippen LogP) is 3.08. The molecule has 0 saturated carbocycles. The van der Waals surface area contributed by atoms with Gasteiger partial charge in [-0.25, -0.2) is 4.39 Å². The molecule has 0 unspecified atom stereocenters. The van der Waals surface area contributed by atoms with E-state index in [-0.39, 0.29) is 12.3 Å². The summed E-state index contributed by atoms with van der Waals surface area (Å²) < 4.78 is 19.2. The van der Waals surface area contributed by atoms with Crippen LogP contribution in [0.15, 0.2) is 48.5 Å². The summed E-state index contributed by atoms with van der Waals surface area (Å²) >= 11 is 0. The van der Waals surface area contributed by atoms with Crippen molar-refractivity contribution in [2.45, 2.75) is 6.54 Å². The molecule has 16 heavy (non-hydrogen) atoms. The van der Waals surface area contributed by atoms with E-state index in [4.69, 9.17) is 10.5 Å². The number of para-hydroxylation sites is 1. The molecule has 0 amide bonds. The van der Waals surface area contributed by atoms with Crippen molar-refractivity contribution in [1.29, 1.82) is 0 Å². The molecule has 0 heterocycles. The molecular weight excluding hydrogens is 205 g/mol. The highest BCUT2D eigenvalue weighted by Crippen LogP contribution is 2.25. The first kappa shape index (κ1) is 10.6. The van der Waals surface area contributed by atoms with Gasteiger partial charge in [-0.2, -0.15) is 0 Å². The van der Waals surface area contributed by atoms with Crippen molar-refractivity contribution in [2.75, 3.05) is 0 Å². The first-order chi connectivity index (χ1) is 7.81. The first-order valence-electron chi connectivity index (χ1n) is 5.01. The van der Waals surface area contributed by atoms with Crippen LogP contribution in [0, 0.1) is 5.82 Å². The van der Waals surface area contributed by atoms with Crippen LogP contribution in [0.25, 0.3) is 0 Å². The first-order valence-corrected chi connectivity index (χ1v) is 5.01. The summed E-state index contributed by atoms with van der Waals surface area (Å²) in [7, 11) is 0. The molecule has 0 fully saturated rings. The van der Waals surface area contributed by atoms with Gasteiger partial charge in [-0.05, 0) is 18.2 Å². The summed E-state index contributed by atoms with van der Waals surface area (Å²) in [6.45, 7) is 0.165. The molecule has 3 heteroatoms. The minimum absolute atomic E-state index is 0.165. The Balaban J connectivity index is 2.28. The van der Waals surface area contributed by atoms with E-state index in [1.54, 1.807) is 30.3 Å². The molecule has 0 saturated heterocycles. The molecule has 0 aromatic heterocycles. The molecule has 0 atom stereocenters. The number of hydrogen-bond acceptors (Lipinski definition) is 2. The molecule has 2 rings (SSSR count). The molecule has 0 spiro atoms. The second kappa shape index (κ2) is 4.77. The SMILES string of the molecule is NCc1cccc(Oc2ccccc2)c1F. The Morgan fingerprint density at radius 1 is 1.00 bits per heavy atom. The second-order valence-corrected chi connectivity index (χ2v) is 3.35. The summed E-state index contributed by atoms with van der Waals surface area (Å²) in [5.74, 6) is 0.415. The fraction of sp³-hybridized carbons (Fsp3) is 0.0769. The Labute approximate surface area is 93.5 Å². The maximum Gasteiger partial charge on any atom is 0.170 e. The van der Waals surface area contributed by atoms with Crippen molar-refractivity contribution in [2.24, 2.45) is 5.73 Å². The number of ether oxygens (including phenoxy) is 1. The molecule has 2 aromatic carbocycles. The van der Waals surface area contributed by atoms with Gasteiger partial charge in [0.25, 0.3) is 0 Å². The van der Waals surface area contributed by atoms with Crippen molar-refractivity contribution in [1.82, 2.24) is 0 Å². The molecule has 0 bridgehead atoms. The lowest BCUT2D eigenvalue weighted by molar-refractivity contribution is 0.438. The molecule has 0 radical (unpaired) electrons. The lowest BCUT2D eigenvalue weighted by atomic mass is 10.2. The van der Waals surface area contributed by atoms with Crippen molar-refractivity contribution in [3.8, 4) is 11.5 Å². The van der Waals surface area contributed by atoms with Gasteiger partial charge in [0.05, 0.1) is 0 Å². The van der Waals surface area contributed by atoms with Crippen LogP contribution in [-0.2, 0) is 6.54 Å². The Bertz CT molecular complexity index is 471. The largest absolute Gasteiger partial charge is 0.454 e. The zero-order valence-electron chi connectivity index (χ0n) is 8.69. The van der Waals surface area contributed by atoms with E-state index in [1.165, 1.54) is 0 Å². The predicted molar refractivity (Wildman–Crippen MR) is 60.8 cm³/mol. The van der Waals surface area contributed by atoms with Gasteiger partial charge in [0.15, 0.2) is 11.6 Å². The molecule has 2 nitrogen and oxygen atoms in total. The molecule has 2 aromatic rings. The van der Waals surface area contributed by atoms with Crippen LogP contribution in [0.4, 0.5) is 4.39 Å². The summed E-state index contributed by atoms with van der Waals surface area (Å²) in [5, 5.41) is 0. The van der Waals surface area contributed by atoms with Crippen molar-refractivity contribution >= 4 is 0 Å². The minimum atomic E-state index is -0.395. The van der Waals surface area contributed by atoms with Gasteiger partial charge in [0.1, 0.15) is 5.75 Å². The minimum Gasteiger partial charge on any atom is -0.454 e. The van der Waals surface area contributed by atoms with Crippen molar-refractivity contribution in [3.05, 3.63) is 59.9 Å². The normalized spacial score (nSPS) is 10.1. The number of hydrogen-bond donors (Lipinski definition) is 1. The van der Waals surface area contributed by atoms with Gasteiger partial charge in [-0.1, -0.05) is 30.3 Å². The molecule has 0 aliphatic rings. The van der Waals surface area contributed by atoms with Gasteiger partial charge in [-0.3, -0.25) is 0 Å². The monoisotopic (exact) mass is 217 g/mol. The van der Waals surface area contributed by atoms with Gasteiger partial charge < -0.3 is 10.5 Å². The van der Waals surface area contributed by atoms with E-state index in [0.717, 1.165) is 0 Å². The second-order valence-electron chi connectivity index (χ2n) is 3.35. The van der Waals surface area contributed by atoms with E-state index in [9.17, 15) is 4.39 Å². The summed E-state index contributed by atoms with van der Waals surface area (Å²) in [6.07, 6.45) is 0. The average Bonchev–Trinajstić information content (AvgIpc) is 2.33. The lowest BCUT2D eigenvalue weighted by Crippen LogP contribution is -2.01. The standard InChI is InChI=1S/C13H12FNO/c14-13-10(9-15)5-4-8-12(13)16-11-6-2-1-3-7-11/h1-8H,9,15H2. The smallest absolute Gasteiger partial charge is 0.170 e. The third-order valence-corrected chi connectivity index (χ3v) is 2.23. The van der Waals surface area contributed by atoms with Crippen LogP contribution in [-0.4, -0.2) is 0 Å². The van der Waals surface area contributed by atoms with Crippen LogP contribution in [0.1, 0.15) is 5.56 Å². The molecule has 0 aliphatic carbocycles. The van der Waals surface area contributed by atoms with Crippen LogP contribution >= 0.6 is 0 Å². The average molecular weight is 217 g/mol. The maximum atomic E-state index is 13.8. The third-order valence-electron chi connectivity index (χ3n) is 2.23. The highest BCUT2D eigenvalue weighted by Gasteiger charge is 2.08. The van der Waals surface area contributed by atoms with Crippen LogP contribution < -0.4 is 10.5 Å². The highest BCUT2D eigenvalue weighted by atomic mass is 19.1. The van der Waals surface area contributed by atoms with Gasteiger partial charge in [-0.15, -0.1) is 0 Å². The molecule has 2 N–H and O–H groups in total. The van der Waals surface area contributed by atoms with Crippen LogP contribution in [0.3, 0.4) is 0 Å². The number of nitrogens with two attached hydrogens (primary N) is 1. The van der Waals surface area contributed by atoms with Gasteiger partial charge in [0, 0.05) is 12.1 Å². The summed E-state index contributed by atoms with van der Waals surface area (Å²) in [4.78, 5) is 0. The third kappa shape index (κ3) is 2.20. The van der Waals surface area contributed by atoms with E-state index in [0.29, 0.717) is 11.3 Å². The number of benzene rings is 2. The Hall–Kier alpha value is -1.87. The number of halogens is 1. The van der Waals surface area contributed by atoms with E-state index < -0.39 is 5.82 Å². The van der Waals surface area contributed by atoms with Crippen LogP contribution in [0.5, 0.6) is 11.5 Å². The van der Waals surface area contributed by atoms with Crippen molar-refractivity contribution < 1.29 is 9.13 Å². The zero-order valence-corrected chi connectivity index (χ0v) is 8.69. The topological polar surface area (TPSA) is 35.2 Å². The zero-order chi connectivity index (χ0) is 11.4. The fourth-order valence-corrected chi connectivity index (χ4v) is 1.41.